The summed E-state index contributed by atoms with van der Waals surface area (Å²) >= 11 is 0. The minimum Gasteiger partial charge on any atom is -0.481 e. The summed E-state index contributed by atoms with van der Waals surface area (Å²) in [5, 5.41) is 21.1. The number of tetrazole rings is 1. The molecule has 0 bridgehead atoms. The molecule has 20 heavy (non-hydrogen) atoms. The Balaban J connectivity index is 2.02. The maximum Gasteiger partial charge on any atom is 0.308 e. The van der Waals surface area contributed by atoms with Gasteiger partial charge in [-0.15, -0.1) is 5.10 Å². The fraction of sp³-hybridized carbons (Fsp3) is 0.857. The van der Waals surface area contributed by atoms with E-state index >= 15 is 0 Å². The van der Waals surface area contributed by atoms with E-state index < -0.39 is 11.9 Å². The summed E-state index contributed by atoms with van der Waals surface area (Å²) in [5.41, 5.74) is -0.0226. The average Bonchev–Trinajstić information content (AvgIpc) is 2.68. The summed E-state index contributed by atoms with van der Waals surface area (Å²) < 4.78 is 1.68. The molecule has 2 rings (SSSR count). The van der Waals surface area contributed by atoms with Gasteiger partial charge in [-0.2, -0.15) is 0 Å². The Morgan fingerprint density at radius 2 is 2.15 bits per heavy atom. The van der Waals surface area contributed by atoms with Gasteiger partial charge in [-0.05, 0) is 28.2 Å². The molecule has 112 valence electrons. The average molecular weight is 280 g/mol. The number of aromatic nitrogens is 4. The van der Waals surface area contributed by atoms with Crippen LogP contribution in [0.4, 0.5) is 0 Å². The topological polar surface area (TPSA) is 80.9 Å². The van der Waals surface area contributed by atoms with Crippen molar-refractivity contribution in [2.75, 3.05) is 0 Å². The summed E-state index contributed by atoms with van der Waals surface area (Å²) in [4.78, 5) is 11.4. The molecule has 6 heteroatoms. The number of hydrogen-bond acceptors (Lipinski definition) is 4. The molecular weight excluding hydrogens is 256 g/mol. The van der Waals surface area contributed by atoms with E-state index in [4.69, 9.17) is 0 Å². The molecule has 0 amide bonds. The normalized spacial score (nSPS) is 17.8. The van der Waals surface area contributed by atoms with Crippen molar-refractivity contribution < 1.29 is 9.90 Å². The number of hydrogen-bond donors (Lipinski definition) is 1. The molecule has 1 heterocycles. The van der Waals surface area contributed by atoms with Crippen LogP contribution in [0.3, 0.4) is 0 Å². The van der Waals surface area contributed by atoms with Gasteiger partial charge in [0.1, 0.15) is 0 Å². The standard InChI is InChI=1S/C14H24N4O2/c1-14(2,3)8-11(13(19)20)9-18-12(15-16-17-18)7-10-5-4-6-10/h10-11H,4-9H2,1-3H3,(H,19,20). The number of carboxylic acids is 1. The minimum absolute atomic E-state index is 0.0226. The molecular formula is C14H24N4O2. The summed E-state index contributed by atoms with van der Waals surface area (Å²) in [6, 6.07) is 0. The van der Waals surface area contributed by atoms with Crippen molar-refractivity contribution in [1.82, 2.24) is 20.2 Å². The summed E-state index contributed by atoms with van der Waals surface area (Å²) in [6.45, 7) is 6.52. The van der Waals surface area contributed by atoms with Crippen LogP contribution in [0.5, 0.6) is 0 Å². The van der Waals surface area contributed by atoms with Crippen LogP contribution in [0, 0.1) is 17.3 Å². The van der Waals surface area contributed by atoms with E-state index in [1.807, 2.05) is 0 Å². The maximum atomic E-state index is 11.4. The third kappa shape index (κ3) is 4.02. The highest BCUT2D eigenvalue weighted by atomic mass is 16.4. The van der Waals surface area contributed by atoms with Crippen LogP contribution in [0.1, 0.15) is 52.3 Å². The summed E-state index contributed by atoms with van der Waals surface area (Å²) in [6.07, 6.45) is 5.24. The molecule has 0 spiro atoms. The zero-order valence-electron chi connectivity index (χ0n) is 12.5. The Bertz CT molecular complexity index is 460. The molecule has 0 aromatic carbocycles. The lowest BCUT2D eigenvalue weighted by molar-refractivity contribution is -0.143. The number of nitrogens with zero attached hydrogens (tertiary/aromatic N) is 4. The number of carbonyl (C=O) groups is 1. The molecule has 1 aliphatic rings. The van der Waals surface area contributed by atoms with Crippen LogP contribution in [-0.2, 0) is 17.8 Å². The largest absolute Gasteiger partial charge is 0.481 e. The second-order valence-electron chi connectivity index (χ2n) is 7.08. The molecule has 6 nitrogen and oxygen atoms in total. The fourth-order valence-electron chi connectivity index (χ4n) is 2.64. The van der Waals surface area contributed by atoms with Crippen molar-refractivity contribution in [2.45, 2.75) is 59.4 Å². The van der Waals surface area contributed by atoms with E-state index in [1.54, 1.807) is 4.68 Å². The number of carboxylic acid groups (broad SMARTS) is 1. The lowest BCUT2D eigenvalue weighted by atomic mass is 9.82. The SMILES string of the molecule is CC(C)(C)CC(Cn1nnnc1CC1CCC1)C(=O)O. The van der Waals surface area contributed by atoms with E-state index in [-0.39, 0.29) is 5.41 Å². The van der Waals surface area contributed by atoms with E-state index in [9.17, 15) is 9.90 Å². The summed E-state index contributed by atoms with van der Waals surface area (Å²) in [5.74, 6) is 0.282. The summed E-state index contributed by atoms with van der Waals surface area (Å²) in [7, 11) is 0. The van der Waals surface area contributed by atoms with Gasteiger partial charge in [-0.3, -0.25) is 4.79 Å². The van der Waals surface area contributed by atoms with Gasteiger partial charge in [0.25, 0.3) is 0 Å². The van der Waals surface area contributed by atoms with Gasteiger partial charge < -0.3 is 5.11 Å². The van der Waals surface area contributed by atoms with Crippen LogP contribution in [0.2, 0.25) is 0 Å². The molecule has 1 aromatic rings. The predicted molar refractivity (Wildman–Crippen MR) is 74.1 cm³/mol. The van der Waals surface area contributed by atoms with Crippen molar-refractivity contribution in [3.63, 3.8) is 0 Å². The van der Waals surface area contributed by atoms with Crippen molar-refractivity contribution in [1.29, 1.82) is 0 Å². The maximum absolute atomic E-state index is 11.4. The first-order chi connectivity index (χ1) is 9.35. The third-order valence-corrected chi connectivity index (χ3v) is 3.90. The van der Waals surface area contributed by atoms with Gasteiger partial charge in [-0.1, -0.05) is 40.0 Å². The van der Waals surface area contributed by atoms with Crippen LogP contribution in [0.15, 0.2) is 0 Å². The predicted octanol–water partition coefficient (Wildman–Crippen LogP) is 2.15. The molecule has 0 saturated heterocycles. The lowest BCUT2D eigenvalue weighted by Crippen LogP contribution is -2.27. The zero-order valence-corrected chi connectivity index (χ0v) is 12.5. The van der Waals surface area contributed by atoms with Gasteiger partial charge >= 0.3 is 5.97 Å². The fourth-order valence-corrected chi connectivity index (χ4v) is 2.64. The monoisotopic (exact) mass is 280 g/mol. The Morgan fingerprint density at radius 3 is 2.65 bits per heavy atom. The zero-order chi connectivity index (χ0) is 14.8. The Morgan fingerprint density at radius 1 is 1.45 bits per heavy atom. The van der Waals surface area contributed by atoms with E-state index in [0.29, 0.717) is 18.9 Å². The highest BCUT2D eigenvalue weighted by Gasteiger charge is 2.27. The molecule has 1 N–H and O–H groups in total. The first kappa shape index (κ1) is 14.9. The van der Waals surface area contributed by atoms with Gasteiger partial charge in [0.15, 0.2) is 5.82 Å². The highest BCUT2D eigenvalue weighted by molar-refractivity contribution is 5.69. The first-order valence-electron chi connectivity index (χ1n) is 7.33. The van der Waals surface area contributed by atoms with E-state index in [0.717, 1.165) is 12.2 Å². The van der Waals surface area contributed by atoms with Crippen molar-refractivity contribution in [3.8, 4) is 0 Å². The molecule has 1 fully saturated rings. The Kier molecular flexibility index (Phi) is 4.40. The quantitative estimate of drug-likeness (QED) is 0.863. The highest BCUT2D eigenvalue weighted by Crippen LogP contribution is 2.30. The van der Waals surface area contributed by atoms with E-state index in [2.05, 4.69) is 36.3 Å². The Labute approximate surface area is 119 Å². The molecule has 0 aliphatic heterocycles. The first-order valence-corrected chi connectivity index (χ1v) is 7.33. The third-order valence-electron chi connectivity index (χ3n) is 3.90. The number of rotatable bonds is 6. The van der Waals surface area contributed by atoms with Crippen LogP contribution < -0.4 is 0 Å². The molecule has 1 atom stereocenters. The van der Waals surface area contributed by atoms with Crippen LogP contribution >= 0.6 is 0 Å². The number of aliphatic carboxylic acids is 1. The molecule has 1 aromatic heterocycles. The van der Waals surface area contributed by atoms with Gasteiger partial charge in [0, 0.05) is 6.42 Å². The molecule has 1 aliphatic carbocycles. The van der Waals surface area contributed by atoms with Crippen molar-refractivity contribution >= 4 is 5.97 Å². The van der Waals surface area contributed by atoms with Crippen molar-refractivity contribution in [2.24, 2.45) is 17.3 Å². The van der Waals surface area contributed by atoms with Gasteiger partial charge in [-0.25, -0.2) is 4.68 Å². The van der Waals surface area contributed by atoms with Gasteiger partial charge in [0.05, 0.1) is 12.5 Å². The molecule has 1 saturated carbocycles. The minimum atomic E-state index is -0.773. The lowest BCUT2D eigenvalue weighted by Gasteiger charge is -2.25. The smallest absolute Gasteiger partial charge is 0.308 e. The molecule has 0 radical (unpaired) electrons. The Hall–Kier alpha value is -1.46. The molecule has 1 unspecified atom stereocenters. The van der Waals surface area contributed by atoms with E-state index in [1.165, 1.54) is 19.3 Å². The second-order valence-corrected chi connectivity index (χ2v) is 7.08. The van der Waals surface area contributed by atoms with Crippen LogP contribution in [0.25, 0.3) is 0 Å². The van der Waals surface area contributed by atoms with Gasteiger partial charge in [0.2, 0.25) is 0 Å². The second kappa shape index (κ2) is 5.89. The van der Waals surface area contributed by atoms with Crippen molar-refractivity contribution in [3.05, 3.63) is 5.82 Å². The van der Waals surface area contributed by atoms with Crippen LogP contribution in [-0.4, -0.2) is 31.3 Å².